The Bertz CT molecular complexity index is 2560. The second kappa shape index (κ2) is 17.1. The van der Waals surface area contributed by atoms with Crippen LogP contribution < -0.4 is 14.9 Å². The highest BCUT2D eigenvalue weighted by Gasteiger charge is 2.49. The lowest BCUT2D eigenvalue weighted by molar-refractivity contribution is 0.0293. The van der Waals surface area contributed by atoms with Crippen LogP contribution in [0.5, 0.6) is 11.8 Å². The van der Waals surface area contributed by atoms with E-state index < -0.39 is 69.7 Å². The average molecular weight is 849 g/mol. The van der Waals surface area contributed by atoms with Gasteiger partial charge >= 0.3 is 18.1 Å². The van der Waals surface area contributed by atoms with Gasteiger partial charge in [0.15, 0.2) is 29.1 Å². The van der Waals surface area contributed by atoms with Crippen molar-refractivity contribution in [3.8, 4) is 35.4 Å². The summed E-state index contributed by atoms with van der Waals surface area (Å²) < 4.78 is 106. The Balaban J connectivity index is 1.37. The van der Waals surface area contributed by atoms with E-state index in [1.807, 2.05) is 11.8 Å². The number of hydrazine groups is 1. The predicted molar refractivity (Wildman–Crippen MR) is 214 cm³/mol. The van der Waals surface area contributed by atoms with Crippen LogP contribution in [-0.2, 0) is 4.74 Å². The molecule has 320 valence electrons. The fourth-order valence-corrected chi connectivity index (χ4v) is 7.82. The van der Waals surface area contributed by atoms with Gasteiger partial charge in [-0.25, -0.2) is 40.9 Å². The molecule has 4 heterocycles. The van der Waals surface area contributed by atoms with Gasteiger partial charge in [-0.05, 0) is 82.3 Å². The molecule has 0 bridgehead atoms. The van der Waals surface area contributed by atoms with Crippen LogP contribution in [0.4, 0.5) is 37.0 Å². The number of hydrogen-bond acceptors (Lipinski definition) is 10. The SMILES string of the molecule is C#Cc1c(F)ccc2cc(OC(=O)c3cc(F)c(F)c(F)c3)cc(-c3ncc4c(NN(CCCCC)C(=O)OC(C)(C)C)nc(OC[C@@]56CCCN5C[C@H](F)C6)nc4c3F)c12. The number of alkyl halides is 1. The summed E-state index contributed by atoms with van der Waals surface area (Å²) in [5.74, 6) is -6.39. The summed E-state index contributed by atoms with van der Waals surface area (Å²) in [7, 11) is 0. The van der Waals surface area contributed by atoms with Crippen molar-refractivity contribution < 1.29 is 50.1 Å². The summed E-state index contributed by atoms with van der Waals surface area (Å²) in [6.07, 6.45) is 9.06. The molecule has 61 heavy (non-hydrogen) atoms. The monoisotopic (exact) mass is 848 g/mol. The van der Waals surface area contributed by atoms with E-state index in [1.54, 1.807) is 20.8 Å². The first kappa shape index (κ1) is 43.0. The van der Waals surface area contributed by atoms with Gasteiger partial charge in [0.2, 0.25) is 0 Å². The first-order chi connectivity index (χ1) is 29.0. The highest BCUT2D eigenvalue weighted by atomic mass is 19.2. The number of carbonyl (C=O) groups excluding carboxylic acids is 2. The lowest BCUT2D eigenvalue weighted by atomic mass is 9.95. The average Bonchev–Trinajstić information content (AvgIpc) is 3.73. The van der Waals surface area contributed by atoms with Crippen molar-refractivity contribution in [3.05, 3.63) is 82.8 Å². The van der Waals surface area contributed by atoms with Crippen LogP contribution in [0.25, 0.3) is 32.9 Å². The van der Waals surface area contributed by atoms with Crippen LogP contribution in [0.1, 0.15) is 82.1 Å². The molecule has 17 heteroatoms. The number of esters is 1. The maximum absolute atomic E-state index is 17.4. The van der Waals surface area contributed by atoms with E-state index in [9.17, 15) is 27.2 Å². The minimum absolute atomic E-state index is 0.00902. The van der Waals surface area contributed by atoms with Gasteiger partial charge < -0.3 is 14.2 Å². The van der Waals surface area contributed by atoms with Crippen LogP contribution in [0.2, 0.25) is 0 Å². The Morgan fingerprint density at radius 2 is 1.79 bits per heavy atom. The highest BCUT2D eigenvalue weighted by Crippen LogP contribution is 2.42. The number of amides is 1. The molecule has 11 nitrogen and oxygen atoms in total. The number of pyridine rings is 1. The first-order valence-corrected chi connectivity index (χ1v) is 19.8. The Morgan fingerprint density at radius 1 is 1.03 bits per heavy atom. The molecule has 2 fully saturated rings. The molecule has 2 aliphatic rings. The first-order valence-electron chi connectivity index (χ1n) is 19.8. The van der Waals surface area contributed by atoms with E-state index in [0.717, 1.165) is 31.4 Å². The number of aromatic nitrogens is 3. The van der Waals surface area contributed by atoms with Crippen molar-refractivity contribution in [1.82, 2.24) is 24.9 Å². The second-order valence-electron chi connectivity index (χ2n) is 16.1. The number of hydrogen-bond donors (Lipinski definition) is 1. The number of unbranched alkanes of at least 4 members (excludes halogenated alkanes) is 2. The van der Waals surface area contributed by atoms with E-state index in [-0.39, 0.29) is 76.5 Å². The number of anilines is 1. The van der Waals surface area contributed by atoms with Gasteiger partial charge in [-0.15, -0.1) is 6.42 Å². The maximum atomic E-state index is 17.4. The zero-order valence-electron chi connectivity index (χ0n) is 33.8. The van der Waals surface area contributed by atoms with Gasteiger partial charge in [-0.2, -0.15) is 9.97 Å². The molecule has 3 aromatic carbocycles. The van der Waals surface area contributed by atoms with Crippen molar-refractivity contribution in [1.29, 1.82) is 0 Å². The molecule has 5 aromatic rings. The van der Waals surface area contributed by atoms with Crippen molar-refractivity contribution in [2.45, 2.75) is 83.5 Å². The van der Waals surface area contributed by atoms with Crippen molar-refractivity contribution in [3.63, 3.8) is 0 Å². The lowest BCUT2D eigenvalue weighted by Crippen LogP contribution is -2.43. The number of nitrogens with zero attached hydrogens (tertiary/aromatic N) is 5. The number of benzene rings is 3. The van der Waals surface area contributed by atoms with Gasteiger partial charge in [-0.3, -0.25) is 15.3 Å². The molecule has 2 aromatic heterocycles. The largest absolute Gasteiger partial charge is 0.461 e. The summed E-state index contributed by atoms with van der Waals surface area (Å²) >= 11 is 0. The van der Waals surface area contributed by atoms with Crippen molar-refractivity contribution in [2.75, 3.05) is 31.7 Å². The zero-order valence-corrected chi connectivity index (χ0v) is 33.8. The number of nitrogens with one attached hydrogen (secondary N) is 1. The third-order valence-electron chi connectivity index (χ3n) is 10.6. The predicted octanol–water partition coefficient (Wildman–Crippen LogP) is 9.45. The summed E-state index contributed by atoms with van der Waals surface area (Å²) in [5, 5.41) is 1.33. The van der Waals surface area contributed by atoms with E-state index in [2.05, 4.69) is 26.3 Å². The second-order valence-corrected chi connectivity index (χ2v) is 16.1. The summed E-state index contributed by atoms with van der Waals surface area (Å²) in [6, 6.07) is 5.32. The summed E-state index contributed by atoms with van der Waals surface area (Å²) in [6.45, 7) is 8.20. The molecule has 0 spiro atoms. The fourth-order valence-electron chi connectivity index (χ4n) is 7.82. The lowest BCUT2D eigenvalue weighted by Gasteiger charge is -2.31. The van der Waals surface area contributed by atoms with Crippen molar-refractivity contribution in [2.24, 2.45) is 0 Å². The molecule has 2 saturated heterocycles. The minimum Gasteiger partial charge on any atom is -0.461 e. The number of fused-ring (bicyclic) bond motifs is 3. The summed E-state index contributed by atoms with van der Waals surface area (Å²) in [4.78, 5) is 42.0. The number of rotatable bonds is 12. The highest BCUT2D eigenvalue weighted by molar-refractivity contribution is 6.03. The van der Waals surface area contributed by atoms with Crippen LogP contribution in [0.3, 0.4) is 0 Å². The van der Waals surface area contributed by atoms with Gasteiger partial charge in [0.25, 0.3) is 0 Å². The van der Waals surface area contributed by atoms with Crippen LogP contribution >= 0.6 is 0 Å². The Morgan fingerprint density at radius 3 is 2.49 bits per heavy atom. The van der Waals surface area contributed by atoms with Crippen LogP contribution in [0.15, 0.2) is 42.6 Å². The quantitative estimate of drug-likeness (QED) is 0.0248. The summed E-state index contributed by atoms with van der Waals surface area (Å²) in [5.41, 5.74) is -0.481. The molecule has 1 N–H and O–H groups in total. The molecule has 0 unspecified atom stereocenters. The van der Waals surface area contributed by atoms with E-state index >= 15 is 8.78 Å². The molecule has 1 amide bonds. The number of terminal acetylenes is 1. The smallest absolute Gasteiger partial charge is 0.429 e. The van der Waals surface area contributed by atoms with E-state index in [0.29, 0.717) is 31.5 Å². The Kier molecular flexibility index (Phi) is 12.0. The molecule has 0 aliphatic carbocycles. The Hall–Kier alpha value is -6.15. The third kappa shape index (κ3) is 8.86. The van der Waals surface area contributed by atoms with Gasteiger partial charge in [0.05, 0.1) is 22.1 Å². The molecular weight excluding hydrogens is 807 g/mol. The minimum atomic E-state index is -1.79. The molecule has 0 radical (unpaired) electrons. The third-order valence-corrected chi connectivity index (χ3v) is 10.6. The van der Waals surface area contributed by atoms with Gasteiger partial charge in [-0.1, -0.05) is 31.8 Å². The molecule has 7 rings (SSSR count). The normalized spacial score (nSPS) is 17.6. The number of carbonyl (C=O) groups is 2. The van der Waals surface area contributed by atoms with Gasteiger partial charge in [0.1, 0.15) is 41.2 Å². The molecule has 2 aliphatic heterocycles. The number of ether oxygens (including phenoxy) is 3. The molecule has 0 saturated carbocycles. The van der Waals surface area contributed by atoms with Gasteiger partial charge in [0, 0.05) is 36.7 Å². The van der Waals surface area contributed by atoms with E-state index in [4.69, 9.17) is 20.6 Å². The molecular formula is C44H42F6N6O5. The Labute approximate surface area is 347 Å². The van der Waals surface area contributed by atoms with E-state index in [1.165, 1.54) is 23.3 Å². The maximum Gasteiger partial charge on any atom is 0.429 e. The fraction of sp³-hybridized carbons (Fsp3) is 0.386. The topological polar surface area (TPSA) is 119 Å². The van der Waals surface area contributed by atoms with Crippen LogP contribution in [-0.4, -0.2) is 80.5 Å². The zero-order chi connectivity index (χ0) is 43.8. The molecule has 2 atom stereocenters. The number of halogens is 6. The van der Waals surface area contributed by atoms with Crippen LogP contribution in [0, 0.1) is 41.4 Å². The standard InChI is InChI=1S/C44H42F6N6O5/c1-6-8-9-15-56(42(58)61-43(3,4)5)54-39-30-21-51-37(36(50)38(30)52-41(53-39)59-23-44-13-10-14-55(44)22-26(45)20-44)29-19-27(16-24-11-12-31(46)28(7-2)34(24)29)60-40(57)25-17-32(47)35(49)33(48)18-25/h2,11-12,16-19,21,26H,6,8-10,13-15,20,22-23H2,1,3-5H3,(H,52,53,54)/t26-,44+/m1/s1. The van der Waals surface area contributed by atoms with Crippen molar-refractivity contribution >= 4 is 39.6 Å².